The number of aryl methyl sites for hydroxylation is 2. The van der Waals surface area contributed by atoms with E-state index in [1.807, 2.05) is 19.1 Å². The molecule has 2 aromatic rings. The number of nitrogens with zero attached hydrogens (tertiary/aromatic N) is 1. The number of rotatable bonds is 4. The summed E-state index contributed by atoms with van der Waals surface area (Å²) in [5.74, 6) is -0.189. The number of benzene rings is 2. The summed E-state index contributed by atoms with van der Waals surface area (Å²) in [6, 6.07) is 12.8. The minimum Gasteiger partial charge on any atom is -0.493 e. The van der Waals surface area contributed by atoms with Crippen LogP contribution in [0.5, 0.6) is 5.75 Å². The molecule has 2 aliphatic heterocycles. The third kappa shape index (κ3) is 3.42. The average molecular weight is 434 g/mol. The minimum absolute atomic E-state index is 0.215. The van der Waals surface area contributed by atoms with Crippen molar-refractivity contribution in [3.8, 4) is 5.75 Å². The number of carbonyl (C=O) groups excluding carboxylic acids is 3. The number of hydrogen-bond donors (Lipinski definition) is 2. The fourth-order valence-electron chi connectivity index (χ4n) is 5.05. The molecule has 32 heavy (non-hydrogen) atoms. The second-order valence-corrected chi connectivity index (χ2v) is 8.85. The van der Waals surface area contributed by atoms with Gasteiger partial charge in [-0.1, -0.05) is 36.4 Å². The molecule has 2 N–H and O–H groups in total. The van der Waals surface area contributed by atoms with Crippen LogP contribution in [0.3, 0.4) is 0 Å². The van der Waals surface area contributed by atoms with Crippen molar-refractivity contribution in [2.75, 3.05) is 13.2 Å². The Morgan fingerprint density at radius 2 is 1.94 bits per heavy atom. The highest BCUT2D eigenvalue weighted by atomic mass is 16.5. The van der Waals surface area contributed by atoms with Crippen molar-refractivity contribution in [2.45, 2.75) is 50.6 Å². The molecular weight excluding hydrogens is 406 g/mol. The van der Waals surface area contributed by atoms with Crippen LogP contribution < -0.4 is 15.4 Å². The molecule has 0 radical (unpaired) electrons. The number of amides is 4. The number of nitrogens with one attached hydrogen (secondary N) is 2. The van der Waals surface area contributed by atoms with Gasteiger partial charge in [0.15, 0.2) is 5.54 Å². The van der Waals surface area contributed by atoms with Crippen molar-refractivity contribution in [1.29, 1.82) is 0 Å². The normalized spacial score (nSPS) is 22.6. The zero-order valence-electron chi connectivity index (χ0n) is 18.1. The van der Waals surface area contributed by atoms with E-state index in [0.717, 1.165) is 23.3 Å². The van der Waals surface area contributed by atoms with E-state index in [-0.39, 0.29) is 18.5 Å². The van der Waals surface area contributed by atoms with E-state index in [1.54, 1.807) is 12.1 Å². The van der Waals surface area contributed by atoms with E-state index in [9.17, 15) is 14.4 Å². The summed E-state index contributed by atoms with van der Waals surface area (Å²) in [5, 5.41) is 5.77. The topological polar surface area (TPSA) is 87.7 Å². The van der Waals surface area contributed by atoms with Gasteiger partial charge in [0, 0.05) is 12.0 Å². The highest BCUT2D eigenvalue weighted by molar-refractivity contribution is 6.09. The zero-order valence-corrected chi connectivity index (χ0v) is 18.1. The second kappa shape index (κ2) is 7.97. The molecule has 4 amide bonds. The van der Waals surface area contributed by atoms with Gasteiger partial charge in [-0.3, -0.25) is 14.5 Å². The zero-order chi connectivity index (χ0) is 22.3. The van der Waals surface area contributed by atoms with Crippen LogP contribution in [0.1, 0.15) is 54.5 Å². The summed E-state index contributed by atoms with van der Waals surface area (Å²) >= 11 is 0. The van der Waals surface area contributed by atoms with E-state index in [2.05, 4.69) is 28.8 Å². The molecule has 7 nitrogen and oxygen atoms in total. The SMILES string of the molecule is CC(NC(=O)CN1C(=O)NC2(CCOc3ccccc32)C1=O)c1ccc2c(c1)CCCC2. The average Bonchev–Trinajstić information content (AvgIpc) is 3.03. The Balaban J connectivity index is 1.29. The Hall–Kier alpha value is -3.35. The quantitative estimate of drug-likeness (QED) is 0.726. The first-order valence-corrected chi connectivity index (χ1v) is 11.3. The first-order valence-electron chi connectivity index (χ1n) is 11.3. The fourth-order valence-corrected chi connectivity index (χ4v) is 5.05. The summed E-state index contributed by atoms with van der Waals surface area (Å²) in [6.07, 6.45) is 4.93. The van der Waals surface area contributed by atoms with Crippen molar-refractivity contribution < 1.29 is 19.1 Å². The van der Waals surface area contributed by atoms with Gasteiger partial charge < -0.3 is 15.4 Å². The molecule has 7 heteroatoms. The molecule has 3 aliphatic rings. The predicted octanol–water partition coefficient (Wildman–Crippen LogP) is 2.97. The van der Waals surface area contributed by atoms with Crippen LogP contribution in [0.25, 0.3) is 0 Å². The number of carbonyl (C=O) groups is 3. The van der Waals surface area contributed by atoms with E-state index in [0.29, 0.717) is 24.3 Å². The monoisotopic (exact) mass is 433 g/mol. The number of fused-ring (bicyclic) bond motifs is 3. The van der Waals surface area contributed by atoms with Gasteiger partial charge in [-0.05, 0) is 55.4 Å². The standard InChI is InChI=1S/C25H27N3O4/c1-16(18-11-10-17-6-2-3-7-19(17)14-18)26-22(29)15-28-23(30)25(27-24(28)31)12-13-32-21-9-5-4-8-20(21)25/h4-5,8-11,14,16H,2-3,6-7,12-13,15H2,1H3,(H,26,29)(H,27,31). The van der Waals surface area contributed by atoms with Gasteiger partial charge in [-0.25, -0.2) is 4.79 Å². The maximum absolute atomic E-state index is 13.3. The molecule has 0 saturated carbocycles. The molecule has 1 saturated heterocycles. The number of urea groups is 1. The lowest BCUT2D eigenvalue weighted by atomic mass is 9.84. The van der Waals surface area contributed by atoms with Crippen molar-refractivity contribution in [1.82, 2.24) is 15.5 Å². The van der Waals surface area contributed by atoms with Crippen LogP contribution >= 0.6 is 0 Å². The van der Waals surface area contributed by atoms with Gasteiger partial charge in [-0.15, -0.1) is 0 Å². The van der Waals surface area contributed by atoms with Crippen LogP contribution in [0.2, 0.25) is 0 Å². The molecule has 0 aromatic heterocycles. The molecule has 5 rings (SSSR count). The number of ether oxygens (including phenoxy) is 1. The molecule has 2 atom stereocenters. The molecular formula is C25H27N3O4. The first kappa shape index (κ1) is 20.5. The van der Waals surface area contributed by atoms with E-state index < -0.39 is 17.5 Å². The molecule has 2 heterocycles. The lowest BCUT2D eigenvalue weighted by Gasteiger charge is -2.33. The largest absolute Gasteiger partial charge is 0.493 e. The van der Waals surface area contributed by atoms with Gasteiger partial charge in [0.25, 0.3) is 5.91 Å². The highest BCUT2D eigenvalue weighted by Gasteiger charge is 2.55. The lowest BCUT2D eigenvalue weighted by Crippen LogP contribution is -2.48. The molecule has 1 fully saturated rings. The van der Waals surface area contributed by atoms with Crippen LogP contribution in [0.4, 0.5) is 4.79 Å². The second-order valence-electron chi connectivity index (χ2n) is 8.85. The Labute approximate surface area is 187 Å². The van der Waals surface area contributed by atoms with Crippen molar-refractivity contribution in [2.24, 2.45) is 0 Å². The summed E-state index contributed by atoms with van der Waals surface area (Å²) < 4.78 is 5.65. The van der Waals surface area contributed by atoms with Crippen molar-refractivity contribution >= 4 is 17.8 Å². The van der Waals surface area contributed by atoms with Crippen LogP contribution in [-0.4, -0.2) is 35.9 Å². The van der Waals surface area contributed by atoms with E-state index in [1.165, 1.54) is 24.0 Å². The number of para-hydroxylation sites is 1. The summed E-state index contributed by atoms with van der Waals surface area (Å²) in [4.78, 5) is 39.8. The predicted molar refractivity (Wildman–Crippen MR) is 118 cm³/mol. The molecule has 1 spiro atoms. The summed E-state index contributed by atoms with van der Waals surface area (Å²) in [5.41, 5.74) is 3.24. The molecule has 166 valence electrons. The highest BCUT2D eigenvalue weighted by Crippen LogP contribution is 2.40. The Bertz CT molecular complexity index is 1100. The number of hydrogen-bond acceptors (Lipinski definition) is 4. The van der Waals surface area contributed by atoms with Gasteiger partial charge in [0.2, 0.25) is 5.91 Å². The third-order valence-corrected chi connectivity index (χ3v) is 6.81. The smallest absolute Gasteiger partial charge is 0.325 e. The first-order chi connectivity index (χ1) is 15.5. The summed E-state index contributed by atoms with van der Waals surface area (Å²) in [6.45, 7) is 1.92. The molecule has 2 aromatic carbocycles. The van der Waals surface area contributed by atoms with Crippen LogP contribution in [0, 0.1) is 0 Å². The maximum Gasteiger partial charge on any atom is 0.325 e. The van der Waals surface area contributed by atoms with Gasteiger partial charge in [-0.2, -0.15) is 0 Å². The van der Waals surface area contributed by atoms with Gasteiger partial charge >= 0.3 is 6.03 Å². The summed E-state index contributed by atoms with van der Waals surface area (Å²) in [7, 11) is 0. The van der Waals surface area contributed by atoms with Gasteiger partial charge in [0.1, 0.15) is 12.3 Å². The molecule has 0 bridgehead atoms. The third-order valence-electron chi connectivity index (χ3n) is 6.81. The Morgan fingerprint density at radius 1 is 1.16 bits per heavy atom. The lowest BCUT2D eigenvalue weighted by molar-refractivity contribution is -0.136. The van der Waals surface area contributed by atoms with Crippen molar-refractivity contribution in [3.05, 3.63) is 64.7 Å². The fraction of sp³-hybridized carbons (Fsp3) is 0.400. The minimum atomic E-state index is -1.17. The van der Waals surface area contributed by atoms with Crippen molar-refractivity contribution in [3.63, 3.8) is 0 Å². The number of imide groups is 1. The van der Waals surface area contributed by atoms with Crippen LogP contribution in [0.15, 0.2) is 42.5 Å². The van der Waals surface area contributed by atoms with E-state index >= 15 is 0 Å². The van der Waals surface area contributed by atoms with Gasteiger partial charge in [0.05, 0.1) is 12.6 Å². The van der Waals surface area contributed by atoms with Crippen LogP contribution in [-0.2, 0) is 28.0 Å². The molecule has 2 unspecified atom stereocenters. The van der Waals surface area contributed by atoms with E-state index in [4.69, 9.17) is 4.74 Å². The maximum atomic E-state index is 13.3. The Kier molecular flexibility index (Phi) is 5.12. The molecule has 1 aliphatic carbocycles. The Morgan fingerprint density at radius 3 is 2.78 bits per heavy atom.